The highest BCUT2D eigenvalue weighted by atomic mass is 16.5. The molecule has 0 bridgehead atoms. The molecule has 0 aliphatic carbocycles. The largest absolute Gasteiger partial charge is 0.549 e. The number of carbonyl (C=O) groups is 1. The zero-order chi connectivity index (χ0) is 12.8. The maximum atomic E-state index is 11.1. The van der Waals surface area contributed by atoms with Crippen molar-refractivity contribution in [3.63, 3.8) is 0 Å². The monoisotopic (exact) mass is 237 g/mol. The molecule has 0 radical (unpaired) electrons. The van der Waals surface area contributed by atoms with Crippen LogP contribution in [0, 0.1) is 0 Å². The van der Waals surface area contributed by atoms with Crippen molar-refractivity contribution < 1.29 is 19.4 Å². The predicted octanol–water partition coefficient (Wildman–Crippen LogP) is 1.34. The number of methoxy groups -OCH3 is 2. The molecule has 1 aromatic rings. The van der Waals surface area contributed by atoms with Gasteiger partial charge in [0.1, 0.15) is 0 Å². The Bertz CT molecular complexity index is 387. The first-order valence-electron chi connectivity index (χ1n) is 5.56. The van der Waals surface area contributed by atoms with Crippen molar-refractivity contribution >= 4 is 5.97 Å². The molecule has 1 rings (SSSR count). The van der Waals surface area contributed by atoms with Gasteiger partial charge < -0.3 is 19.4 Å². The van der Waals surface area contributed by atoms with Gasteiger partial charge in [-0.1, -0.05) is 19.4 Å². The lowest BCUT2D eigenvalue weighted by atomic mass is 9.94. The van der Waals surface area contributed by atoms with Crippen LogP contribution in [0.2, 0.25) is 0 Å². The lowest BCUT2D eigenvalue weighted by molar-refractivity contribution is -0.308. The average Bonchev–Trinajstić information content (AvgIpc) is 2.34. The van der Waals surface area contributed by atoms with Crippen LogP contribution in [-0.4, -0.2) is 20.2 Å². The van der Waals surface area contributed by atoms with E-state index >= 15 is 0 Å². The Morgan fingerprint density at radius 1 is 1.29 bits per heavy atom. The first-order chi connectivity index (χ1) is 8.13. The Labute approximate surface area is 101 Å². The molecule has 1 unspecified atom stereocenters. The van der Waals surface area contributed by atoms with Gasteiger partial charge in [-0.2, -0.15) is 0 Å². The number of hydrogen-bond acceptors (Lipinski definition) is 4. The Morgan fingerprint density at radius 3 is 2.41 bits per heavy atom. The highest BCUT2D eigenvalue weighted by Crippen LogP contribution is 2.31. The van der Waals surface area contributed by atoms with Gasteiger partial charge in [-0.25, -0.2) is 0 Å². The van der Waals surface area contributed by atoms with Crippen LogP contribution in [0.15, 0.2) is 18.2 Å². The molecule has 17 heavy (non-hydrogen) atoms. The van der Waals surface area contributed by atoms with Crippen LogP contribution in [0.25, 0.3) is 0 Å². The first-order valence-corrected chi connectivity index (χ1v) is 5.56. The van der Waals surface area contributed by atoms with Gasteiger partial charge in [-0.05, 0) is 24.1 Å². The van der Waals surface area contributed by atoms with Crippen molar-refractivity contribution in [2.75, 3.05) is 14.2 Å². The number of ether oxygens (including phenoxy) is 2. The number of carboxylic acid groups (broad SMARTS) is 1. The van der Waals surface area contributed by atoms with Crippen LogP contribution in [0.3, 0.4) is 0 Å². The molecule has 0 saturated heterocycles. The summed E-state index contributed by atoms with van der Waals surface area (Å²) in [6.07, 6.45) is 1.34. The van der Waals surface area contributed by atoms with E-state index < -0.39 is 11.9 Å². The molecule has 0 saturated carbocycles. The fourth-order valence-electron chi connectivity index (χ4n) is 1.78. The van der Waals surface area contributed by atoms with E-state index in [4.69, 9.17) is 9.47 Å². The van der Waals surface area contributed by atoms with E-state index in [2.05, 4.69) is 0 Å². The molecule has 0 aliphatic heterocycles. The Morgan fingerprint density at radius 2 is 1.94 bits per heavy atom. The summed E-state index contributed by atoms with van der Waals surface area (Å²) in [6.45, 7) is 1.94. The maximum Gasteiger partial charge on any atom is 0.161 e. The number of aliphatic carboxylic acids is 1. The van der Waals surface area contributed by atoms with Gasteiger partial charge in [-0.3, -0.25) is 0 Å². The molecule has 4 nitrogen and oxygen atoms in total. The van der Waals surface area contributed by atoms with Gasteiger partial charge in [0.15, 0.2) is 11.5 Å². The predicted molar refractivity (Wildman–Crippen MR) is 62.2 cm³/mol. The summed E-state index contributed by atoms with van der Waals surface area (Å²) in [5, 5.41) is 11.1. The molecular formula is C13H17O4-. The minimum absolute atomic E-state index is 0.535. The van der Waals surface area contributed by atoms with E-state index in [9.17, 15) is 9.90 Å². The van der Waals surface area contributed by atoms with E-state index in [-0.39, 0.29) is 0 Å². The van der Waals surface area contributed by atoms with Gasteiger partial charge in [0, 0.05) is 11.9 Å². The number of rotatable bonds is 6. The second kappa shape index (κ2) is 6.13. The highest BCUT2D eigenvalue weighted by molar-refractivity contribution is 5.74. The number of carboxylic acids is 1. The summed E-state index contributed by atoms with van der Waals surface area (Å²) in [6, 6.07) is 5.13. The second-order valence-corrected chi connectivity index (χ2v) is 3.77. The van der Waals surface area contributed by atoms with Crippen LogP contribution >= 0.6 is 0 Å². The summed E-state index contributed by atoms with van der Waals surface area (Å²) in [5.74, 6) is -0.531. The van der Waals surface area contributed by atoms with Gasteiger partial charge in [0.2, 0.25) is 0 Å². The molecule has 94 valence electrons. The number of hydrogen-bond donors (Lipinski definition) is 0. The van der Waals surface area contributed by atoms with Gasteiger partial charge in [0.25, 0.3) is 0 Å². The molecule has 0 aromatic heterocycles. The standard InChI is InChI=1S/C13H18O4/c1-4-5-10(13(14)15)9-6-7-11(16-2)12(8-9)17-3/h6-8,10H,4-5H2,1-3H3,(H,14,15)/p-1. The number of carbonyl (C=O) groups excluding carboxylic acids is 1. The van der Waals surface area contributed by atoms with Crippen molar-refractivity contribution in [3.8, 4) is 11.5 Å². The molecule has 0 aliphatic rings. The van der Waals surface area contributed by atoms with E-state index in [0.717, 1.165) is 6.42 Å². The minimum atomic E-state index is -1.06. The summed E-state index contributed by atoms with van der Waals surface area (Å²) in [7, 11) is 3.06. The van der Waals surface area contributed by atoms with Crippen LogP contribution in [0.5, 0.6) is 11.5 Å². The second-order valence-electron chi connectivity index (χ2n) is 3.77. The van der Waals surface area contributed by atoms with Crippen molar-refractivity contribution in [2.24, 2.45) is 0 Å². The molecule has 0 amide bonds. The van der Waals surface area contributed by atoms with E-state index in [1.54, 1.807) is 25.3 Å². The highest BCUT2D eigenvalue weighted by Gasteiger charge is 2.14. The third-order valence-electron chi connectivity index (χ3n) is 2.67. The maximum absolute atomic E-state index is 11.1. The molecule has 0 heterocycles. The number of benzene rings is 1. The van der Waals surface area contributed by atoms with Crippen molar-refractivity contribution in [2.45, 2.75) is 25.7 Å². The fraction of sp³-hybridized carbons (Fsp3) is 0.462. The first kappa shape index (κ1) is 13.4. The molecule has 0 N–H and O–H groups in total. The zero-order valence-corrected chi connectivity index (χ0v) is 10.4. The normalized spacial score (nSPS) is 11.9. The SMILES string of the molecule is CCCC(C(=O)[O-])c1ccc(OC)c(OC)c1. The van der Waals surface area contributed by atoms with Gasteiger partial charge in [-0.15, -0.1) is 0 Å². The Balaban J connectivity index is 3.08. The molecule has 0 spiro atoms. The smallest absolute Gasteiger partial charge is 0.161 e. The quantitative estimate of drug-likeness (QED) is 0.749. The summed E-state index contributed by atoms with van der Waals surface area (Å²) in [5.41, 5.74) is 0.685. The molecule has 1 aromatic carbocycles. The van der Waals surface area contributed by atoms with Crippen molar-refractivity contribution in [1.29, 1.82) is 0 Å². The zero-order valence-electron chi connectivity index (χ0n) is 10.4. The molecular weight excluding hydrogens is 220 g/mol. The van der Waals surface area contributed by atoms with Crippen LogP contribution in [-0.2, 0) is 4.79 Å². The third-order valence-corrected chi connectivity index (χ3v) is 2.67. The molecule has 0 fully saturated rings. The Kier molecular flexibility index (Phi) is 4.82. The van der Waals surface area contributed by atoms with Crippen LogP contribution in [0.1, 0.15) is 31.2 Å². The van der Waals surface area contributed by atoms with E-state index in [1.165, 1.54) is 7.11 Å². The lowest BCUT2D eigenvalue weighted by Crippen LogP contribution is -2.29. The molecule has 4 heteroatoms. The van der Waals surface area contributed by atoms with Crippen molar-refractivity contribution in [1.82, 2.24) is 0 Å². The minimum Gasteiger partial charge on any atom is -0.549 e. The lowest BCUT2D eigenvalue weighted by Gasteiger charge is -2.19. The average molecular weight is 237 g/mol. The van der Waals surface area contributed by atoms with Gasteiger partial charge >= 0.3 is 0 Å². The molecule has 1 atom stereocenters. The summed E-state index contributed by atoms with van der Waals surface area (Å²) in [4.78, 5) is 11.1. The van der Waals surface area contributed by atoms with E-state index in [0.29, 0.717) is 23.5 Å². The van der Waals surface area contributed by atoms with Crippen LogP contribution < -0.4 is 14.6 Å². The summed E-state index contributed by atoms with van der Waals surface area (Å²) < 4.78 is 10.2. The Hall–Kier alpha value is -1.71. The van der Waals surface area contributed by atoms with Crippen molar-refractivity contribution in [3.05, 3.63) is 23.8 Å². The van der Waals surface area contributed by atoms with Crippen LogP contribution in [0.4, 0.5) is 0 Å². The third kappa shape index (κ3) is 3.12. The topological polar surface area (TPSA) is 58.6 Å². The van der Waals surface area contributed by atoms with Gasteiger partial charge in [0.05, 0.1) is 14.2 Å². The van der Waals surface area contributed by atoms with E-state index in [1.807, 2.05) is 6.92 Å². The fourth-order valence-corrected chi connectivity index (χ4v) is 1.78. The summed E-state index contributed by atoms with van der Waals surface area (Å²) >= 11 is 0.